The van der Waals surface area contributed by atoms with E-state index in [2.05, 4.69) is 20.8 Å². The van der Waals surface area contributed by atoms with Gasteiger partial charge in [0.15, 0.2) is 11.0 Å². The molecule has 0 spiro atoms. The molecule has 2 N–H and O–H groups in total. The molecule has 11 nitrogen and oxygen atoms in total. The largest absolute Gasteiger partial charge is 0.497 e. The number of fused-ring (bicyclic) bond motifs is 1. The molecule has 4 aromatic rings. The number of nitrogens with one attached hydrogen (secondary N) is 2. The maximum Gasteiger partial charge on any atom is 0.341 e. The third-order valence-corrected chi connectivity index (χ3v) is 9.70. The average molecular weight is 664 g/mol. The molecule has 0 radical (unpaired) electrons. The molecule has 0 unspecified atom stereocenters. The van der Waals surface area contributed by atoms with Crippen LogP contribution in [0.5, 0.6) is 11.5 Å². The number of carbonyl (C=O) groups excluding carboxylic acids is 3. The van der Waals surface area contributed by atoms with Crippen LogP contribution in [0.25, 0.3) is 5.69 Å². The van der Waals surface area contributed by atoms with Gasteiger partial charge in [0.1, 0.15) is 16.5 Å². The number of benzene rings is 2. The number of thioether (sulfide) groups is 1. The van der Waals surface area contributed by atoms with Crippen molar-refractivity contribution in [3.05, 3.63) is 74.9 Å². The summed E-state index contributed by atoms with van der Waals surface area (Å²) in [5.74, 6) is 0.510. The third kappa shape index (κ3) is 7.37. The minimum atomic E-state index is -0.404. The maximum absolute atomic E-state index is 13.3. The molecule has 242 valence electrons. The van der Waals surface area contributed by atoms with Gasteiger partial charge >= 0.3 is 5.97 Å². The summed E-state index contributed by atoms with van der Waals surface area (Å²) in [6.07, 6.45) is 3.75. The van der Waals surface area contributed by atoms with Crippen LogP contribution in [-0.2, 0) is 28.9 Å². The number of amides is 2. The van der Waals surface area contributed by atoms with Crippen LogP contribution in [-0.4, -0.2) is 59.1 Å². The highest BCUT2D eigenvalue weighted by molar-refractivity contribution is 7.99. The molecule has 1 aliphatic carbocycles. The van der Waals surface area contributed by atoms with Crippen LogP contribution in [0, 0.1) is 13.8 Å². The number of ether oxygens (including phenoxy) is 3. The molecule has 0 bridgehead atoms. The van der Waals surface area contributed by atoms with E-state index >= 15 is 0 Å². The predicted octanol–water partition coefficient (Wildman–Crippen LogP) is 5.68. The standard InChI is InChI=1S/C33H37N5O6S2/c1-6-44-32(41)29-24-9-7-8-10-26(24)46-31(29)35-28(39)18-45-33-37-36-27(38(33)25-13-19(2)11-12-20(25)3)17-34-30(40)21-14-22(42-4)16-23(15-21)43-5/h11-16H,6-10,17-18H2,1-5H3,(H,34,40)(H,35,39). The lowest BCUT2D eigenvalue weighted by molar-refractivity contribution is -0.113. The van der Waals surface area contributed by atoms with Crippen molar-refractivity contribution in [1.82, 2.24) is 20.1 Å². The Labute approximate surface area is 276 Å². The van der Waals surface area contributed by atoms with E-state index in [1.165, 1.54) is 37.3 Å². The predicted molar refractivity (Wildman–Crippen MR) is 178 cm³/mol. The fraction of sp³-hybridized carbons (Fsp3) is 0.364. The van der Waals surface area contributed by atoms with Gasteiger partial charge in [-0.3, -0.25) is 14.2 Å². The molecular formula is C33H37N5O6S2. The Balaban J connectivity index is 1.36. The Morgan fingerprint density at radius 2 is 1.74 bits per heavy atom. The number of rotatable bonds is 12. The van der Waals surface area contributed by atoms with Crippen LogP contribution >= 0.6 is 23.1 Å². The minimum Gasteiger partial charge on any atom is -0.497 e. The highest BCUT2D eigenvalue weighted by atomic mass is 32.2. The number of nitrogens with zero attached hydrogens (tertiary/aromatic N) is 3. The van der Waals surface area contributed by atoms with E-state index in [4.69, 9.17) is 14.2 Å². The van der Waals surface area contributed by atoms with Crippen molar-refractivity contribution in [3.8, 4) is 17.2 Å². The molecule has 0 atom stereocenters. The second-order valence-corrected chi connectivity index (χ2v) is 12.8. The van der Waals surface area contributed by atoms with Crippen molar-refractivity contribution in [1.29, 1.82) is 0 Å². The number of anilines is 1. The molecule has 0 fully saturated rings. The second kappa shape index (κ2) is 14.8. The molecule has 46 heavy (non-hydrogen) atoms. The van der Waals surface area contributed by atoms with Crippen LogP contribution in [0.2, 0.25) is 0 Å². The summed E-state index contributed by atoms with van der Waals surface area (Å²) in [5.41, 5.74) is 4.70. The van der Waals surface area contributed by atoms with Gasteiger partial charge < -0.3 is 24.8 Å². The first-order valence-corrected chi connectivity index (χ1v) is 16.8. The zero-order chi connectivity index (χ0) is 32.8. The number of thiophene rings is 1. The fourth-order valence-electron chi connectivity index (χ4n) is 5.28. The zero-order valence-electron chi connectivity index (χ0n) is 26.5. The van der Waals surface area contributed by atoms with E-state index in [1.54, 1.807) is 25.1 Å². The van der Waals surface area contributed by atoms with E-state index in [0.29, 0.717) is 38.6 Å². The molecule has 2 aromatic carbocycles. The first kappa shape index (κ1) is 33.0. The highest BCUT2D eigenvalue weighted by Crippen LogP contribution is 2.39. The van der Waals surface area contributed by atoms with Gasteiger partial charge in [-0.1, -0.05) is 23.9 Å². The molecule has 2 amide bonds. The van der Waals surface area contributed by atoms with Gasteiger partial charge in [0.2, 0.25) is 5.91 Å². The molecule has 13 heteroatoms. The zero-order valence-corrected chi connectivity index (χ0v) is 28.2. The van der Waals surface area contributed by atoms with E-state index < -0.39 is 5.97 Å². The SMILES string of the molecule is CCOC(=O)c1c(NC(=O)CSc2nnc(CNC(=O)c3cc(OC)cc(OC)c3)n2-c2cc(C)ccc2C)sc2c1CCCC2. The molecule has 2 aromatic heterocycles. The molecular weight excluding hydrogens is 627 g/mol. The summed E-state index contributed by atoms with van der Waals surface area (Å²) >= 11 is 2.68. The number of aromatic nitrogens is 3. The van der Waals surface area contributed by atoms with Crippen molar-refractivity contribution in [3.63, 3.8) is 0 Å². The second-order valence-electron chi connectivity index (χ2n) is 10.8. The van der Waals surface area contributed by atoms with Crippen LogP contribution in [0.4, 0.5) is 5.00 Å². The Bertz CT molecular complexity index is 1740. The van der Waals surface area contributed by atoms with Gasteiger partial charge in [0, 0.05) is 16.5 Å². The van der Waals surface area contributed by atoms with E-state index in [0.717, 1.165) is 52.9 Å². The van der Waals surface area contributed by atoms with Crippen molar-refractivity contribution in [2.75, 3.05) is 31.9 Å². The Kier molecular flexibility index (Phi) is 10.6. The summed E-state index contributed by atoms with van der Waals surface area (Å²) < 4.78 is 17.8. The number of hydrogen-bond donors (Lipinski definition) is 2. The summed E-state index contributed by atoms with van der Waals surface area (Å²) in [6, 6.07) is 11.0. The van der Waals surface area contributed by atoms with Crippen LogP contribution in [0.3, 0.4) is 0 Å². The molecule has 2 heterocycles. The molecule has 0 saturated heterocycles. The number of carbonyl (C=O) groups is 3. The summed E-state index contributed by atoms with van der Waals surface area (Å²) in [4.78, 5) is 40.4. The van der Waals surface area contributed by atoms with Crippen LogP contribution < -0.4 is 20.1 Å². The highest BCUT2D eigenvalue weighted by Gasteiger charge is 2.27. The smallest absolute Gasteiger partial charge is 0.341 e. The number of methoxy groups -OCH3 is 2. The van der Waals surface area contributed by atoms with Gasteiger partial charge in [-0.05, 0) is 81.3 Å². The van der Waals surface area contributed by atoms with Crippen molar-refractivity contribution in [2.45, 2.75) is 58.2 Å². The summed E-state index contributed by atoms with van der Waals surface area (Å²) in [5, 5.41) is 15.7. The average Bonchev–Trinajstić information content (AvgIpc) is 3.64. The summed E-state index contributed by atoms with van der Waals surface area (Å²) in [7, 11) is 3.05. The van der Waals surface area contributed by atoms with Crippen LogP contribution in [0.1, 0.15) is 67.9 Å². The fourth-order valence-corrected chi connectivity index (χ4v) is 7.33. The molecule has 1 aliphatic rings. The van der Waals surface area contributed by atoms with Gasteiger partial charge in [0.05, 0.1) is 44.4 Å². The first-order valence-electron chi connectivity index (χ1n) is 15.0. The van der Waals surface area contributed by atoms with Gasteiger partial charge in [-0.25, -0.2) is 4.79 Å². The molecule has 0 aliphatic heterocycles. The minimum absolute atomic E-state index is 0.0315. The van der Waals surface area contributed by atoms with Crippen molar-refractivity contribution < 1.29 is 28.6 Å². The van der Waals surface area contributed by atoms with Gasteiger partial charge in [-0.2, -0.15) is 0 Å². The lowest BCUT2D eigenvalue weighted by atomic mass is 9.95. The Morgan fingerprint density at radius 1 is 1.00 bits per heavy atom. The van der Waals surface area contributed by atoms with Crippen molar-refractivity contribution in [2.24, 2.45) is 0 Å². The molecule has 5 rings (SSSR count). The van der Waals surface area contributed by atoms with Gasteiger partial charge in [0.25, 0.3) is 5.91 Å². The summed E-state index contributed by atoms with van der Waals surface area (Å²) in [6.45, 7) is 6.09. The van der Waals surface area contributed by atoms with E-state index in [1.807, 2.05) is 36.6 Å². The number of aryl methyl sites for hydroxylation is 3. The number of esters is 1. The molecule has 0 saturated carbocycles. The quantitative estimate of drug-likeness (QED) is 0.145. The van der Waals surface area contributed by atoms with Gasteiger partial charge in [-0.15, -0.1) is 21.5 Å². The topological polar surface area (TPSA) is 134 Å². The van der Waals surface area contributed by atoms with E-state index in [-0.39, 0.29) is 30.7 Å². The Hall–Kier alpha value is -4.36. The first-order chi connectivity index (χ1) is 22.2. The van der Waals surface area contributed by atoms with Crippen LogP contribution in [0.15, 0.2) is 41.6 Å². The lowest BCUT2D eigenvalue weighted by Gasteiger charge is -2.14. The normalized spacial score (nSPS) is 12.3. The number of hydrogen-bond acceptors (Lipinski definition) is 10. The third-order valence-electron chi connectivity index (χ3n) is 7.56. The Morgan fingerprint density at radius 3 is 2.46 bits per heavy atom. The van der Waals surface area contributed by atoms with Crippen molar-refractivity contribution >= 4 is 45.9 Å². The lowest BCUT2D eigenvalue weighted by Crippen LogP contribution is -2.25. The maximum atomic E-state index is 13.3. The van der Waals surface area contributed by atoms with E-state index in [9.17, 15) is 14.4 Å². The monoisotopic (exact) mass is 663 g/mol.